The van der Waals surface area contributed by atoms with Crippen molar-refractivity contribution in [3.05, 3.63) is 112 Å². The smallest absolute Gasteiger partial charge is 0.164 e. The van der Waals surface area contributed by atoms with E-state index in [1.807, 2.05) is 30.7 Å². The van der Waals surface area contributed by atoms with Crippen LogP contribution in [-0.2, 0) is 34.9 Å². The van der Waals surface area contributed by atoms with Gasteiger partial charge in [-0.15, -0.1) is 0 Å². The van der Waals surface area contributed by atoms with E-state index in [9.17, 15) is 20.4 Å². The van der Waals surface area contributed by atoms with Crippen molar-refractivity contribution in [3.8, 4) is 0 Å². The van der Waals surface area contributed by atoms with Crippen molar-refractivity contribution in [2.75, 3.05) is 25.6 Å². The lowest BCUT2D eigenvalue weighted by atomic mass is 9.87. The summed E-state index contributed by atoms with van der Waals surface area (Å²) in [4.78, 5) is 16.8. The predicted molar refractivity (Wildman–Crippen MR) is 235 cm³/mol. The van der Waals surface area contributed by atoms with Crippen LogP contribution in [0.1, 0.15) is 64.1 Å². The number of rotatable bonds is 7. The Bertz CT molecular complexity index is 2510. The Labute approximate surface area is 378 Å². The molecule has 19 heteroatoms. The van der Waals surface area contributed by atoms with Crippen LogP contribution in [0.4, 0.5) is 5.82 Å². The molecule has 0 amide bonds. The van der Waals surface area contributed by atoms with E-state index < -0.39 is 66.1 Å². The van der Waals surface area contributed by atoms with Crippen molar-refractivity contribution >= 4 is 62.7 Å². The van der Waals surface area contributed by atoms with Gasteiger partial charge in [0, 0.05) is 42.7 Å². The third-order valence-electron chi connectivity index (χ3n) is 11.8. The van der Waals surface area contributed by atoms with E-state index in [1.165, 1.54) is 32.4 Å². The SMILES string of the molecule is C1CCOC1.CC1(C)O[C@@H]2[C@H](O1)[C@@H]([C@](C)(O)c1ccc(Cl)cc1)O[C@H]2n1ccc2c(Cl)ncnc21.CNc1ncnc2c1ccn2[C@@H]1O[C@H]([C@](C)(O)c2ccc(Cl)cc2)[C@@H](O)[C@H]1O. The maximum absolute atomic E-state index is 11.5. The maximum Gasteiger partial charge on any atom is 0.164 e. The lowest BCUT2D eigenvalue weighted by Gasteiger charge is -2.34. The molecule has 4 fully saturated rings. The molecule has 0 aliphatic carbocycles. The average Bonchev–Trinajstić information content (AvgIpc) is 4.13. The molecule has 10 atom stereocenters. The minimum atomic E-state index is -1.55. The molecule has 10 rings (SSSR count). The quantitative estimate of drug-likeness (QED) is 0.109. The molecule has 0 radical (unpaired) electrons. The molecule has 16 nitrogen and oxygen atoms in total. The highest BCUT2D eigenvalue weighted by Gasteiger charge is 2.61. The van der Waals surface area contributed by atoms with Gasteiger partial charge in [0.25, 0.3) is 0 Å². The van der Waals surface area contributed by atoms with Crippen molar-refractivity contribution < 1.29 is 44.1 Å². The van der Waals surface area contributed by atoms with Crippen LogP contribution >= 0.6 is 34.8 Å². The van der Waals surface area contributed by atoms with Gasteiger partial charge in [0.1, 0.15) is 82.7 Å². The van der Waals surface area contributed by atoms with Crippen LogP contribution in [0.15, 0.2) is 85.7 Å². The molecule has 336 valence electrons. The van der Waals surface area contributed by atoms with Gasteiger partial charge in [0.05, 0.1) is 10.8 Å². The minimum Gasteiger partial charge on any atom is -0.387 e. The van der Waals surface area contributed by atoms with Crippen molar-refractivity contribution in [1.29, 1.82) is 0 Å². The van der Waals surface area contributed by atoms with Crippen LogP contribution in [0.5, 0.6) is 0 Å². The van der Waals surface area contributed by atoms with Crippen LogP contribution < -0.4 is 5.32 Å². The van der Waals surface area contributed by atoms with Crippen molar-refractivity contribution in [2.24, 2.45) is 0 Å². The van der Waals surface area contributed by atoms with E-state index in [4.69, 9.17) is 58.5 Å². The summed E-state index contributed by atoms with van der Waals surface area (Å²) in [5, 5.41) is 49.8. The Morgan fingerprint density at radius 2 is 1.17 bits per heavy atom. The fraction of sp³-hybridized carbons (Fsp3) is 0.455. The standard InChI is InChI=1S/C21H21Cl2N3O4.C19H21ClN4O4.C4H8O/c1-20(2)29-14-15(30-20)19(26-9-8-13-17(23)24-10-25-18(13)26)28-16(14)21(3,27)11-4-6-12(22)7-5-11;1-19(27,10-3-5-11(20)6-4-10)15-13(25)14(26)18(28-15)24-8-7-12-16(21-2)22-9-23-17(12)24;1-2-4-5-3-1/h4-10,14-16,19,27H,1-3H3;3-9,13-15,18,25-27H,1-2H3,(H,21,22,23);1-4H2/t14-,15+,16-,19+,21+;13-,14+,15-,18+,19+;/m00./s1. The minimum absolute atomic E-state index is 0.363. The molecule has 4 aromatic heterocycles. The first-order valence-corrected chi connectivity index (χ1v) is 21.7. The van der Waals surface area contributed by atoms with Gasteiger partial charge in [-0.05, 0) is 88.1 Å². The zero-order chi connectivity index (χ0) is 44.8. The lowest BCUT2D eigenvalue weighted by Crippen LogP contribution is -2.45. The second kappa shape index (κ2) is 18.1. The number of benzene rings is 2. The summed E-state index contributed by atoms with van der Waals surface area (Å²) in [6, 6.07) is 17.3. The summed E-state index contributed by atoms with van der Waals surface area (Å²) in [6.07, 6.45) is 2.17. The molecule has 0 saturated carbocycles. The first-order valence-electron chi connectivity index (χ1n) is 20.6. The molecule has 5 N–H and O–H groups in total. The van der Waals surface area contributed by atoms with Crippen molar-refractivity contribution in [3.63, 3.8) is 0 Å². The number of ether oxygens (including phenoxy) is 5. The highest BCUT2D eigenvalue weighted by atomic mass is 35.5. The van der Waals surface area contributed by atoms with Crippen LogP contribution in [0.2, 0.25) is 15.2 Å². The molecular weight excluding hydrogens is 877 g/mol. The average molecular weight is 927 g/mol. The van der Waals surface area contributed by atoms with Crippen LogP contribution in [0.25, 0.3) is 22.1 Å². The van der Waals surface area contributed by atoms with Crippen LogP contribution in [-0.4, -0.2) is 112 Å². The molecule has 4 aliphatic rings. The Balaban J connectivity index is 0.000000156. The lowest BCUT2D eigenvalue weighted by molar-refractivity contribution is -0.221. The van der Waals surface area contributed by atoms with Gasteiger partial charge < -0.3 is 58.6 Å². The summed E-state index contributed by atoms with van der Waals surface area (Å²) in [5.74, 6) is -0.178. The fourth-order valence-corrected chi connectivity index (χ4v) is 8.98. The molecule has 4 aliphatic heterocycles. The van der Waals surface area contributed by atoms with E-state index in [2.05, 4.69) is 25.3 Å². The van der Waals surface area contributed by atoms with Gasteiger partial charge in [-0.3, -0.25) is 0 Å². The van der Waals surface area contributed by atoms with E-state index in [1.54, 1.807) is 79.3 Å². The molecule has 63 heavy (non-hydrogen) atoms. The summed E-state index contributed by atoms with van der Waals surface area (Å²) >= 11 is 18.2. The molecule has 0 spiro atoms. The molecular formula is C44H50Cl3N7O9. The van der Waals surface area contributed by atoms with Crippen molar-refractivity contribution in [2.45, 2.75) is 107 Å². The van der Waals surface area contributed by atoms with Crippen LogP contribution in [0.3, 0.4) is 0 Å². The number of anilines is 1. The number of nitrogens with one attached hydrogen (secondary N) is 1. The number of aromatic nitrogens is 6. The number of fused-ring (bicyclic) bond motifs is 3. The van der Waals surface area contributed by atoms with E-state index in [0.717, 1.165) is 18.6 Å². The summed E-state index contributed by atoms with van der Waals surface area (Å²) in [5.41, 5.74) is -0.533. The Morgan fingerprint density at radius 1 is 0.667 bits per heavy atom. The second-order valence-electron chi connectivity index (χ2n) is 16.6. The topological polar surface area (TPSA) is 201 Å². The Morgan fingerprint density at radius 3 is 1.75 bits per heavy atom. The zero-order valence-electron chi connectivity index (χ0n) is 35.2. The molecule has 2 aromatic carbocycles. The van der Waals surface area contributed by atoms with E-state index in [0.29, 0.717) is 48.8 Å². The number of halogens is 3. The number of hydrogen-bond donors (Lipinski definition) is 5. The third kappa shape index (κ3) is 8.89. The number of aliphatic hydroxyl groups is 4. The highest BCUT2D eigenvalue weighted by molar-refractivity contribution is 6.34. The van der Waals surface area contributed by atoms with Gasteiger partial charge >= 0.3 is 0 Å². The van der Waals surface area contributed by atoms with Gasteiger partial charge in [-0.2, -0.15) is 0 Å². The summed E-state index contributed by atoms with van der Waals surface area (Å²) in [7, 11) is 1.75. The predicted octanol–water partition coefficient (Wildman–Crippen LogP) is 6.51. The van der Waals surface area contributed by atoms with Gasteiger partial charge in [0.15, 0.2) is 18.2 Å². The molecule has 0 unspecified atom stereocenters. The number of hydrogen-bond acceptors (Lipinski definition) is 14. The normalized spacial score (nSPS) is 28.1. The largest absolute Gasteiger partial charge is 0.387 e. The van der Waals surface area contributed by atoms with E-state index >= 15 is 0 Å². The Hall–Kier alpha value is -4.01. The molecule has 6 aromatic rings. The maximum atomic E-state index is 11.5. The number of aliphatic hydroxyl groups excluding tert-OH is 2. The summed E-state index contributed by atoms with van der Waals surface area (Å²) < 4.78 is 33.1. The molecule has 4 saturated heterocycles. The first-order chi connectivity index (χ1) is 30.0. The van der Waals surface area contributed by atoms with Gasteiger partial charge in [-0.25, -0.2) is 19.9 Å². The first kappa shape index (κ1) is 45.6. The highest BCUT2D eigenvalue weighted by Crippen LogP contribution is 2.49. The second-order valence-corrected chi connectivity index (χ2v) is 17.9. The zero-order valence-corrected chi connectivity index (χ0v) is 37.4. The van der Waals surface area contributed by atoms with Gasteiger partial charge in [0.2, 0.25) is 0 Å². The monoisotopic (exact) mass is 925 g/mol. The van der Waals surface area contributed by atoms with Crippen LogP contribution in [0, 0.1) is 0 Å². The van der Waals surface area contributed by atoms with Gasteiger partial charge in [-0.1, -0.05) is 59.1 Å². The van der Waals surface area contributed by atoms with E-state index in [-0.39, 0.29) is 0 Å². The fourth-order valence-electron chi connectivity index (χ4n) is 8.54. The number of nitrogens with zero attached hydrogens (tertiary/aromatic N) is 6. The Kier molecular flexibility index (Phi) is 13.1. The van der Waals surface area contributed by atoms with Crippen molar-refractivity contribution in [1.82, 2.24) is 29.1 Å². The molecule has 0 bridgehead atoms. The third-order valence-corrected chi connectivity index (χ3v) is 12.6. The molecule has 8 heterocycles. The summed E-state index contributed by atoms with van der Waals surface area (Å²) in [6.45, 7) is 8.95.